The molecule has 45 heavy (non-hydrogen) atoms. The molecule has 5 N–H and O–H groups in total. The number of halogens is 1. The van der Waals surface area contributed by atoms with E-state index in [4.69, 9.17) is 4.74 Å². The fourth-order valence-electron chi connectivity index (χ4n) is 5.50. The highest BCUT2D eigenvalue weighted by molar-refractivity contribution is 9.10. The molecule has 4 rings (SSSR count). The van der Waals surface area contributed by atoms with Gasteiger partial charge in [-0.2, -0.15) is 0 Å². The number of hydrazine groups is 1. The molecule has 0 fully saturated rings. The number of rotatable bonds is 11. The molecule has 0 aliphatic heterocycles. The lowest BCUT2D eigenvalue weighted by molar-refractivity contribution is -0.147. The standard InChI is InChI=1S/C34H41BrN4O6/c1-33(2,3)29(37-32(43)45-4)30(41)38-39(20-23-14-16-25(35)17-15-23)21-34(44,19-22-10-6-5-7-11-22)31(42)36-28-26-13-9-8-12-24(26)18-27(28)40/h5-17,27-29,40,44H,18-21H2,1-4H3,(H,36,42)(H,37,43)(H,38,41)/t27-,28+,29-,34-/m1/s1. The number of nitrogens with zero attached hydrogens (tertiary/aromatic N) is 1. The van der Waals surface area contributed by atoms with Gasteiger partial charge in [-0.25, -0.2) is 9.80 Å². The molecule has 0 radical (unpaired) electrons. The lowest BCUT2D eigenvalue weighted by atomic mass is 9.86. The molecule has 0 spiro atoms. The van der Waals surface area contributed by atoms with Crippen molar-refractivity contribution in [3.63, 3.8) is 0 Å². The predicted molar refractivity (Wildman–Crippen MR) is 174 cm³/mol. The van der Waals surface area contributed by atoms with Crippen LogP contribution in [-0.2, 0) is 33.7 Å². The Labute approximate surface area is 272 Å². The highest BCUT2D eigenvalue weighted by Gasteiger charge is 2.43. The van der Waals surface area contributed by atoms with Crippen molar-refractivity contribution in [3.05, 3.63) is 106 Å². The number of fused-ring (bicyclic) bond motifs is 1. The first-order chi connectivity index (χ1) is 21.3. The number of aliphatic hydroxyl groups is 2. The number of alkyl carbamates (subject to hydrolysis) is 1. The zero-order chi connectivity index (χ0) is 32.8. The first kappa shape index (κ1) is 34.1. The fraction of sp³-hybridized carbons (Fsp3) is 0.382. The van der Waals surface area contributed by atoms with Gasteiger partial charge in [-0.1, -0.05) is 103 Å². The molecule has 0 saturated heterocycles. The van der Waals surface area contributed by atoms with Crippen molar-refractivity contribution >= 4 is 33.8 Å². The normalized spacial score (nSPS) is 18.0. The summed E-state index contributed by atoms with van der Waals surface area (Å²) in [7, 11) is 1.22. The molecule has 0 saturated carbocycles. The minimum absolute atomic E-state index is 0.0695. The van der Waals surface area contributed by atoms with E-state index >= 15 is 0 Å². The molecule has 0 bridgehead atoms. The van der Waals surface area contributed by atoms with Gasteiger partial charge < -0.3 is 25.6 Å². The van der Waals surface area contributed by atoms with Crippen molar-refractivity contribution in [1.29, 1.82) is 0 Å². The Morgan fingerprint density at radius 2 is 1.62 bits per heavy atom. The van der Waals surface area contributed by atoms with Crippen molar-refractivity contribution < 1.29 is 29.3 Å². The van der Waals surface area contributed by atoms with Crippen molar-refractivity contribution in [1.82, 2.24) is 21.1 Å². The van der Waals surface area contributed by atoms with Crippen molar-refractivity contribution in [3.8, 4) is 0 Å². The summed E-state index contributed by atoms with van der Waals surface area (Å²) >= 11 is 3.44. The minimum Gasteiger partial charge on any atom is -0.453 e. The SMILES string of the molecule is COC(=O)N[C@H](C(=O)NN(Cc1ccc(Br)cc1)C[C@](O)(Cc1ccccc1)C(=O)N[C@H]1c2ccccc2C[C@H]1O)C(C)(C)C. The second kappa shape index (κ2) is 14.6. The molecule has 0 unspecified atom stereocenters. The number of hydrogen-bond acceptors (Lipinski definition) is 7. The van der Waals surface area contributed by atoms with E-state index in [0.29, 0.717) is 12.0 Å². The molecule has 1 aliphatic rings. The fourth-order valence-corrected chi connectivity index (χ4v) is 5.76. The first-order valence-corrected chi connectivity index (χ1v) is 15.6. The molecule has 3 aromatic rings. The van der Waals surface area contributed by atoms with Gasteiger partial charge in [0.1, 0.15) is 6.04 Å². The molecule has 3 aromatic carbocycles. The van der Waals surface area contributed by atoms with E-state index in [9.17, 15) is 24.6 Å². The van der Waals surface area contributed by atoms with Gasteiger partial charge in [-0.3, -0.25) is 15.0 Å². The van der Waals surface area contributed by atoms with Crippen LogP contribution in [0.4, 0.5) is 4.79 Å². The van der Waals surface area contributed by atoms with Crippen molar-refractivity contribution in [2.45, 2.75) is 63.9 Å². The van der Waals surface area contributed by atoms with Gasteiger partial charge in [0, 0.05) is 23.9 Å². The molecule has 0 aromatic heterocycles. The van der Waals surface area contributed by atoms with Crippen LogP contribution in [0.5, 0.6) is 0 Å². The molecule has 3 amide bonds. The molecule has 10 nitrogen and oxygen atoms in total. The number of amides is 3. The van der Waals surface area contributed by atoms with Crippen molar-refractivity contribution in [2.75, 3.05) is 13.7 Å². The summed E-state index contributed by atoms with van der Waals surface area (Å²) in [6, 6.07) is 22.3. The third kappa shape index (κ3) is 8.91. The summed E-state index contributed by atoms with van der Waals surface area (Å²) in [5.74, 6) is -1.24. The van der Waals surface area contributed by atoms with Crippen LogP contribution in [0, 0.1) is 5.41 Å². The Bertz CT molecular complexity index is 1480. The van der Waals surface area contributed by atoms with Gasteiger partial charge in [0.15, 0.2) is 5.60 Å². The monoisotopic (exact) mass is 680 g/mol. The van der Waals surface area contributed by atoms with Gasteiger partial charge in [-0.05, 0) is 39.8 Å². The summed E-state index contributed by atoms with van der Waals surface area (Å²) in [4.78, 5) is 39.9. The van der Waals surface area contributed by atoms with E-state index in [1.54, 1.807) is 20.8 Å². The Morgan fingerprint density at radius 3 is 2.27 bits per heavy atom. The first-order valence-electron chi connectivity index (χ1n) is 14.8. The summed E-state index contributed by atoms with van der Waals surface area (Å²) < 4.78 is 5.62. The largest absolute Gasteiger partial charge is 0.453 e. The van der Waals surface area contributed by atoms with Crippen LogP contribution < -0.4 is 16.1 Å². The quantitative estimate of drug-likeness (QED) is 0.194. The number of methoxy groups -OCH3 is 1. The number of carbonyl (C=O) groups is 3. The number of ether oxygens (including phenoxy) is 1. The lowest BCUT2D eigenvalue weighted by Gasteiger charge is -2.37. The highest BCUT2D eigenvalue weighted by atomic mass is 79.9. The Morgan fingerprint density at radius 1 is 0.978 bits per heavy atom. The predicted octanol–water partition coefficient (Wildman–Crippen LogP) is 3.80. The molecular weight excluding hydrogens is 640 g/mol. The number of hydrogen-bond donors (Lipinski definition) is 5. The van der Waals surface area contributed by atoms with Crippen LogP contribution in [0.15, 0.2) is 83.3 Å². The average Bonchev–Trinajstić information content (AvgIpc) is 3.31. The summed E-state index contributed by atoms with van der Waals surface area (Å²) in [6.07, 6.45) is -1.31. The summed E-state index contributed by atoms with van der Waals surface area (Å²) in [6.45, 7) is 5.23. The maximum atomic E-state index is 14.1. The number of carbonyl (C=O) groups excluding carboxylic acids is 3. The van der Waals surface area contributed by atoms with E-state index in [1.165, 1.54) is 12.1 Å². The van der Waals surface area contributed by atoms with Gasteiger partial charge in [0.2, 0.25) is 0 Å². The third-order valence-electron chi connectivity index (χ3n) is 7.84. The minimum atomic E-state index is -2.05. The molecule has 0 heterocycles. The molecule has 240 valence electrons. The van der Waals surface area contributed by atoms with Crippen molar-refractivity contribution in [2.24, 2.45) is 5.41 Å². The number of benzene rings is 3. The zero-order valence-electron chi connectivity index (χ0n) is 25.9. The Hall–Kier alpha value is -3.77. The van der Waals surface area contributed by atoms with Gasteiger partial charge in [0.25, 0.3) is 11.8 Å². The van der Waals surface area contributed by atoms with Gasteiger partial charge in [0.05, 0.1) is 25.8 Å². The molecule has 1 aliphatic carbocycles. The Kier molecular flexibility index (Phi) is 11.0. The van der Waals surface area contributed by atoms with E-state index in [1.807, 2.05) is 78.9 Å². The average molecular weight is 682 g/mol. The topological polar surface area (TPSA) is 140 Å². The maximum Gasteiger partial charge on any atom is 0.407 e. The molecule has 11 heteroatoms. The second-order valence-corrected chi connectivity index (χ2v) is 13.4. The van der Waals surface area contributed by atoms with Crippen LogP contribution in [0.3, 0.4) is 0 Å². The summed E-state index contributed by atoms with van der Waals surface area (Å²) in [5, 5.41) is 30.1. The van der Waals surface area contributed by atoms with E-state index in [-0.39, 0.29) is 19.5 Å². The van der Waals surface area contributed by atoms with E-state index < -0.39 is 47.1 Å². The smallest absolute Gasteiger partial charge is 0.407 e. The molecular formula is C34H41BrN4O6. The number of nitrogens with one attached hydrogen (secondary N) is 3. The van der Waals surface area contributed by atoms with Crippen LogP contribution >= 0.6 is 15.9 Å². The highest BCUT2D eigenvalue weighted by Crippen LogP contribution is 2.32. The van der Waals surface area contributed by atoms with E-state index in [0.717, 1.165) is 21.2 Å². The Balaban J connectivity index is 1.67. The lowest BCUT2D eigenvalue weighted by Crippen LogP contribution is -2.62. The number of aliphatic hydroxyl groups excluding tert-OH is 1. The van der Waals surface area contributed by atoms with Crippen LogP contribution in [0.25, 0.3) is 0 Å². The zero-order valence-corrected chi connectivity index (χ0v) is 27.5. The second-order valence-electron chi connectivity index (χ2n) is 12.5. The third-order valence-corrected chi connectivity index (χ3v) is 8.36. The molecule has 4 atom stereocenters. The van der Waals surface area contributed by atoms with Crippen LogP contribution in [-0.4, -0.2) is 64.5 Å². The van der Waals surface area contributed by atoms with Gasteiger partial charge >= 0.3 is 6.09 Å². The van der Waals surface area contributed by atoms with Crippen LogP contribution in [0.1, 0.15) is 49.1 Å². The van der Waals surface area contributed by atoms with Crippen LogP contribution in [0.2, 0.25) is 0 Å². The maximum absolute atomic E-state index is 14.1. The van der Waals surface area contributed by atoms with E-state index in [2.05, 4.69) is 32.0 Å². The summed E-state index contributed by atoms with van der Waals surface area (Å²) in [5.41, 5.74) is 3.33. The van der Waals surface area contributed by atoms with Gasteiger partial charge in [-0.15, -0.1) is 0 Å².